The summed E-state index contributed by atoms with van der Waals surface area (Å²) in [5.74, 6) is 0. The lowest BCUT2D eigenvalue weighted by Crippen LogP contribution is -2.23. The van der Waals surface area contributed by atoms with E-state index in [0.717, 1.165) is 30.3 Å². The fourth-order valence-corrected chi connectivity index (χ4v) is 3.51. The van der Waals surface area contributed by atoms with Gasteiger partial charge in [-0.3, -0.25) is 0 Å². The SMILES string of the molecule is CCCNC(CCc1ccccc1)c1cc(Br)ccc1I. The van der Waals surface area contributed by atoms with Crippen molar-refractivity contribution in [3.8, 4) is 0 Å². The maximum absolute atomic E-state index is 3.70. The molecule has 0 aliphatic carbocycles. The molecule has 0 saturated heterocycles. The van der Waals surface area contributed by atoms with Crippen LogP contribution in [0.4, 0.5) is 0 Å². The summed E-state index contributed by atoms with van der Waals surface area (Å²) in [6.45, 7) is 3.27. The van der Waals surface area contributed by atoms with Gasteiger partial charge in [0.2, 0.25) is 0 Å². The van der Waals surface area contributed by atoms with Crippen molar-refractivity contribution < 1.29 is 0 Å². The first-order valence-electron chi connectivity index (χ1n) is 7.43. The predicted octanol–water partition coefficient (Wildman–Crippen LogP) is 5.73. The van der Waals surface area contributed by atoms with Gasteiger partial charge in [-0.25, -0.2) is 0 Å². The molecule has 0 aliphatic rings. The molecule has 2 aromatic carbocycles. The summed E-state index contributed by atoms with van der Waals surface area (Å²) in [5.41, 5.74) is 2.81. The second-order valence-electron chi connectivity index (χ2n) is 5.20. The minimum Gasteiger partial charge on any atom is -0.310 e. The van der Waals surface area contributed by atoms with E-state index in [1.165, 1.54) is 14.7 Å². The summed E-state index contributed by atoms with van der Waals surface area (Å²) in [4.78, 5) is 0. The fraction of sp³-hybridized carbons (Fsp3) is 0.333. The zero-order chi connectivity index (χ0) is 15.1. The van der Waals surface area contributed by atoms with E-state index in [-0.39, 0.29) is 0 Å². The van der Waals surface area contributed by atoms with Gasteiger partial charge in [0.25, 0.3) is 0 Å². The maximum atomic E-state index is 3.70. The molecule has 0 radical (unpaired) electrons. The summed E-state index contributed by atoms with van der Waals surface area (Å²) in [7, 11) is 0. The molecule has 112 valence electrons. The Labute approximate surface area is 149 Å². The Bertz CT molecular complexity index is 556. The van der Waals surface area contributed by atoms with Gasteiger partial charge in [-0.1, -0.05) is 53.2 Å². The van der Waals surface area contributed by atoms with Crippen molar-refractivity contribution in [1.29, 1.82) is 0 Å². The van der Waals surface area contributed by atoms with Gasteiger partial charge in [0.15, 0.2) is 0 Å². The quantitative estimate of drug-likeness (QED) is 0.523. The molecule has 0 amide bonds. The van der Waals surface area contributed by atoms with Crippen molar-refractivity contribution in [2.45, 2.75) is 32.2 Å². The van der Waals surface area contributed by atoms with E-state index < -0.39 is 0 Å². The lowest BCUT2D eigenvalue weighted by molar-refractivity contribution is 0.497. The number of halogens is 2. The average Bonchev–Trinajstić information content (AvgIpc) is 2.51. The molecule has 2 aromatic rings. The van der Waals surface area contributed by atoms with E-state index in [2.05, 4.69) is 99.3 Å². The van der Waals surface area contributed by atoms with Crippen molar-refractivity contribution in [3.63, 3.8) is 0 Å². The Hall–Kier alpha value is -0.390. The highest BCUT2D eigenvalue weighted by Crippen LogP contribution is 2.27. The average molecular weight is 458 g/mol. The van der Waals surface area contributed by atoms with Crippen LogP contribution in [0.5, 0.6) is 0 Å². The van der Waals surface area contributed by atoms with Gasteiger partial charge in [0, 0.05) is 14.1 Å². The molecule has 0 bridgehead atoms. The van der Waals surface area contributed by atoms with Gasteiger partial charge in [-0.05, 0) is 77.7 Å². The van der Waals surface area contributed by atoms with Crippen molar-refractivity contribution >= 4 is 38.5 Å². The molecular formula is C18H21BrIN. The van der Waals surface area contributed by atoms with Crippen LogP contribution in [0.3, 0.4) is 0 Å². The summed E-state index contributed by atoms with van der Waals surface area (Å²) < 4.78 is 2.48. The first-order chi connectivity index (χ1) is 10.2. The summed E-state index contributed by atoms with van der Waals surface area (Å²) in [6.07, 6.45) is 3.38. The van der Waals surface area contributed by atoms with Crippen LogP contribution in [0, 0.1) is 3.57 Å². The Morgan fingerprint density at radius 2 is 1.90 bits per heavy atom. The number of rotatable bonds is 7. The van der Waals surface area contributed by atoms with Crippen LogP contribution in [0.1, 0.15) is 36.9 Å². The lowest BCUT2D eigenvalue weighted by atomic mass is 9.99. The molecule has 1 nitrogen and oxygen atoms in total. The molecule has 2 rings (SSSR count). The first-order valence-corrected chi connectivity index (χ1v) is 9.30. The van der Waals surface area contributed by atoms with E-state index in [4.69, 9.17) is 0 Å². The van der Waals surface area contributed by atoms with Crippen LogP contribution < -0.4 is 5.32 Å². The Kier molecular flexibility index (Phi) is 7.20. The normalized spacial score (nSPS) is 12.3. The van der Waals surface area contributed by atoms with Crippen LogP contribution in [-0.2, 0) is 6.42 Å². The highest BCUT2D eigenvalue weighted by molar-refractivity contribution is 14.1. The van der Waals surface area contributed by atoms with Crippen LogP contribution >= 0.6 is 38.5 Å². The van der Waals surface area contributed by atoms with E-state index in [1.807, 2.05) is 0 Å². The molecule has 1 N–H and O–H groups in total. The molecule has 3 heteroatoms. The van der Waals surface area contributed by atoms with Crippen LogP contribution in [0.15, 0.2) is 53.0 Å². The van der Waals surface area contributed by atoms with Crippen LogP contribution in [0.2, 0.25) is 0 Å². The van der Waals surface area contributed by atoms with Crippen molar-refractivity contribution in [1.82, 2.24) is 5.32 Å². The first kappa shape index (κ1) is 17.0. The van der Waals surface area contributed by atoms with E-state index in [9.17, 15) is 0 Å². The van der Waals surface area contributed by atoms with E-state index >= 15 is 0 Å². The topological polar surface area (TPSA) is 12.0 Å². The predicted molar refractivity (Wildman–Crippen MR) is 103 cm³/mol. The molecular weight excluding hydrogens is 437 g/mol. The number of benzene rings is 2. The second kappa shape index (κ2) is 8.91. The molecule has 0 aromatic heterocycles. The molecule has 1 unspecified atom stereocenters. The van der Waals surface area contributed by atoms with Crippen molar-refractivity contribution in [2.75, 3.05) is 6.54 Å². The van der Waals surface area contributed by atoms with Gasteiger partial charge in [0.1, 0.15) is 0 Å². The van der Waals surface area contributed by atoms with Gasteiger partial charge in [0.05, 0.1) is 0 Å². The molecule has 0 saturated carbocycles. The van der Waals surface area contributed by atoms with Crippen molar-refractivity contribution in [3.05, 3.63) is 67.7 Å². The van der Waals surface area contributed by atoms with E-state index in [0.29, 0.717) is 6.04 Å². The Balaban J connectivity index is 2.12. The number of hydrogen-bond acceptors (Lipinski definition) is 1. The second-order valence-corrected chi connectivity index (χ2v) is 7.27. The summed E-state index contributed by atoms with van der Waals surface area (Å²) in [6, 6.07) is 17.7. The summed E-state index contributed by atoms with van der Waals surface area (Å²) >= 11 is 6.04. The van der Waals surface area contributed by atoms with Crippen molar-refractivity contribution in [2.24, 2.45) is 0 Å². The fourth-order valence-electron chi connectivity index (χ4n) is 2.42. The third kappa shape index (κ3) is 5.38. The molecule has 1 atom stereocenters. The zero-order valence-corrected chi connectivity index (χ0v) is 16.0. The minimum absolute atomic E-state index is 0.412. The van der Waals surface area contributed by atoms with E-state index in [1.54, 1.807) is 0 Å². The Morgan fingerprint density at radius 3 is 2.62 bits per heavy atom. The highest BCUT2D eigenvalue weighted by atomic mass is 127. The van der Waals surface area contributed by atoms with Gasteiger partial charge >= 0.3 is 0 Å². The third-order valence-corrected chi connectivity index (χ3v) is 5.01. The molecule has 0 aliphatic heterocycles. The highest BCUT2D eigenvalue weighted by Gasteiger charge is 2.14. The number of nitrogens with one attached hydrogen (secondary N) is 1. The van der Waals surface area contributed by atoms with Gasteiger partial charge < -0.3 is 5.32 Å². The van der Waals surface area contributed by atoms with Gasteiger partial charge in [-0.15, -0.1) is 0 Å². The largest absolute Gasteiger partial charge is 0.310 e. The molecule has 0 fully saturated rings. The molecule has 0 spiro atoms. The monoisotopic (exact) mass is 457 g/mol. The Morgan fingerprint density at radius 1 is 1.14 bits per heavy atom. The molecule has 0 heterocycles. The summed E-state index contributed by atoms with van der Waals surface area (Å²) in [5, 5.41) is 3.70. The standard InChI is InChI=1S/C18H21BrIN/c1-2-12-21-18(11-8-14-6-4-3-5-7-14)16-13-15(19)9-10-17(16)20/h3-7,9-10,13,18,21H,2,8,11-12H2,1H3. The third-order valence-electron chi connectivity index (χ3n) is 3.54. The minimum atomic E-state index is 0.412. The van der Waals surface area contributed by atoms with Crippen LogP contribution in [0.25, 0.3) is 0 Å². The van der Waals surface area contributed by atoms with Crippen LogP contribution in [-0.4, -0.2) is 6.54 Å². The van der Waals surface area contributed by atoms with Gasteiger partial charge in [-0.2, -0.15) is 0 Å². The lowest BCUT2D eigenvalue weighted by Gasteiger charge is -2.21. The smallest absolute Gasteiger partial charge is 0.0334 e. The zero-order valence-electron chi connectivity index (χ0n) is 12.3. The maximum Gasteiger partial charge on any atom is 0.0334 e. The molecule has 21 heavy (non-hydrogen) atoms. The number of hydrogen-bond donors (Lipinski definition) is 1. The number of aryl methyl sites for hydroxylation is 1.